The zero-order chi connectivity index (χ0) is 15.5. The van der Waals surface area contributed by atoms with E-state index in [0.29, 0.717) is 6.61 Å². The van der Waals surface area contributed by atoms with Gasteiger partial charge in [0, 0.05) is 56.2 Å². The molecule has 2 aromatic rings. The molecule has 2 aromatic heterocycles. The van der Waals surface area contributed by atoms with Gasteiger partial charge in [0.15, 0.2) is 5.13 Å². The number of aromatic nitrogens is 2. The number of ether oxygens (including phenoxy) is 2. The zero-order valence-corrected chi connectivity index (χ0v) is 13.9. The fraction of sp³-hybridized carbons (Fsp3) is 0.562. The molecule has 1 spiro atoms. The Labute approximate surface area is 140 Å². The summed E-state index contributed by atoms with van der Waals surface area (Å²) in [6.45, 7) is 6.69. The van der Waals surface area contributed by atoms with Gasteiger partial charge < -0.3 is 14.8 Å². The molecule has 0 saturated carbocycles. The maximum Gasteiger partial charge on any atom is 0.193 e. The van der Waals surface area contributed by atoms with E-state index in [2.05, 4.69) is 38.1 Å². The van der Waals surface area contributed by atoms with Gasteiger partial charge in [0.25, 0.3) is 0 Å². The third-order valence-electron chi connectivity index (χ3n) is 4.41. The average molecular weight is 334 g/mol. The molecule has 2 aliphatic rings. The van der Waals surface area contributed by atoms with Gasteiger partial charge in [0.2, 0.25) is 0 Å². The molecule has 6 nitrogen and oxygen atoms in total. The summed E-state index contributed by atoms with van der Waals surface area (Å²) in [7, 11) is 0. The molecule has 0 amide bonds. The smallest absolute Gasteiger partial charge is 0.193 e. The highest BCUT2D eigenvalue weighted by Crippen LogP contribution is 2.22. The molecule has 0 aromatic carbocycles. The Hall–Kier alpha value is -1.25. The molecule has 0 unspecified atom stereocenters. The fourth-order valence-corrected chi connectivity index (χ4v) is 3.97. The average Bonchev–Trinajstić information content (AvgIpc) is 3.18. The van der Waals surface area contributed by atoms with Crippen molar-refractivity contribution < 1.29 is 9.47 Å². The molecular weight excluding hydrogens is 312 g/mol. The number of thiazole rings is 1. The molecule has 2 saturated heterocycles. The summed E-state index contributed by atoms with van der Waals surface area (Å²) >= 11 is 1.66. The molecule has 0 aliphatic carbocycles. The van der Waals surface area contributed by atoms with Crippen molar-refractivity contribution in [2.45, 2.75) is 12.1 Å². The SMILES string of the molecule is c1cc(CN2CCO[C@@]3(CNCCOC3)C2)n(-c2nccs2)c1. The summed E-state index contributed by atoms with van der Waals surface area (Å²) in [5.41, 5.74) is 1.05. The van der Waals surface area contributed by atoms with E-state index in [-0.39, 0.29) is 5.60 Å². The summed E-state index contributed by atoms with van der Waals surface area (Å²) in [6.07, 6.45) is 3.93. The zero-order valence-electron chi connectivity index (χ0n) is 13.1. The van der Waals surface area contributed by atoms with Gasteiger partial charge in [-0.15, -0.1) is 11.3 Å². The van der Waals surface area contributed by atoms with Crippen molar-refractivity contribution in [2.24, 2.45) is 0 Å². The Morgan fingerprint density at radius 1 is 1.39 bits per heavy atom. The Balaban J connectivity index is 1.48. The molecule has 1 N–H and O–H groups in total. The molecule has 124 valence electrons. The van der Waals surface area contributed by atoms with Crippen LogP contribution in [0.4, 0.5) is 0 Å². The van der Waals surface area contributed by atoms with E-state index < -0.39 is 0 Å². The lowest BCUT2D eigenvalue weighted by molar-refractivity contribution is -0.135. The van der Waals surface area contributed by atoms with Gasteiger partial charge in [-0.05, 0) is 12.1 Å². The molecule has 0 radical (unpaired) electrons. The van der Waals surface area contributed by atoms with Gasteiger partial charge in [-0.25, -0.2) is 4.98 Å². The second-order valence-electron chi connectivity index (χ2n) is 6.16. The Bertz CT molecular complexity index is 620. The first-order chi connectivity index (χ1) is 11.3. The van der Waals surface area contributed by atoms with Crippen LogP contribution in [0.25, 0.3) is 5.13 Å². The van der Waals surface area contributed by atoms with Crippen molar-refractivity contribution in [1.82, 2.24) is 19.8 Å². The third kappa shape index (κ3) is 3.34. The van der Waals surface area contributed by atoms with Crippen LogP contribution in [0.5, 0.6) is 0 Å². The minimum absolute atomic E-state index is 0.215. The van der Waals surface area contributed by atoms with Crippen LogP contribution in [0, 0.1) is 0 Å². The molecule has 23 heavy (non-hydrogen) atoms. The van der Waals surface area contributed by atoms with Gasteiger partial charge in [0.1, 0.15) is 5.60 Å². The summed E-state index contributed by atoms with van der Waals surface area (Å²) < 4.78 is 14.0. The van der Waals surface area contributed by atoms with Crippen LogP contribution in [-0.4, -0.2) is 66.1 Å². The highest BCUT2D eigenvalue weighted by Gasteiger charge is 2.38. The maximum absolute atomic E-state index is 6.09. The third-order valence-corrected chi connectivity index (χ3v) is 5.18. The van der Waals surface area contributed by atoms with Crippen molar-refractivity contribution in [1.29, 1.82) is 0 Å². The fourth-order valence-electron chi connectivity index (χ4n) is 3.32. The van der Waals surface area contributed by atoms with Gasteiger partial charge in [-0.1, -0.05) is 0 Å². The molecule has 1 atom stereocenters. The number of morpholine rings is 1. The van der Waals surface area contributed by atoms with E-state index >= 15 is 0 Å². The maximum atomic E-state index is 6.09. The summed E-state index contributed by atoms with van der Waals surface area (Å²) in [5, 5.41) is 6.46. The quantitative estimate of drug-likeness (QED) is 0.912. The van der Waals surface area contributed by atoms with Crippen LogP contribution in [-0.2, 0) is 16.0 Å². The highest BCUT2D eigenvalue weighted by atomic mass is 32.1. The lowest BCUT2D eigenvalue weighted by Gasteiger charge is -2.41. The van der Waals surface area contributed by atoms with Crippen LogP contribution in [0.1, 0.15) is 5.69 Å². The van der Waals surface area contributed by atoms with Crippen LogP contribution in [0.2, 0.25) is 0 Å². The second-order valence-corrected chi connectivity index (χ2v) is 7.03. The van der Waals surface area contributed by atoms with Gasteiger partial charge >= 0.3 is 0 Å². The number of hydrogen-bond acceptors (Lipinski definition) is 6. The Morgan fingerprint density at radius 3 is 3.30 bits per heavy atom. The van der Waals surface area contributed by atoms with Gasteiger partial charge in [-0.2, -0.15) is 0 Å². The van der Waals surface area contributed by atoms with E-state index in [1.807, 2.05) is 11.6 Å². The number of nitrogens with one attached hydrogen (secondary N) is 1. The Kier molecular flexibility index (Phi) is 4.46. The minimum atomic E-state index is -0.215. The molecule has 4 heterocycles. The standard InChI is InChI=1S/C16H22N4O2S/c1-2-14(20(5-1)15-18-4-9-23-15)10-19-6-8-22-16(12-19)11-17-3-7-21-13-16/h1-2,4-5,9,17H,3,6-8,10-13H2/t16-/m0/s1. The molecule has 0 bridgehead atoms. The largest absolute Gasteiger partial charge is 0.377 e. The molecule has 7 heteroatoms. The van der Waals surface area contributed by atoms with Gasteiger partial charge in [0.05, 0.1) is 19.8 Å². The van der Waals surface area contributed by atoms with Crippen LogP contribution in [0.15, 0.2) is 29.9 Å². The van der Waals surface area contributed by atoms with Gasteiger partial charge in [-0.3, -0.25) is 9.47 Å². The van der Waals surface area contributed by atoms with Crippen molar-refractivity contribution in [3.8, 4) is 5.13 Å². The number of nitrogens with zero attached hydrogens (tertiary/aromatic N) is 3. The second kappa shape index (κ2) is 6.70. The van der Waals surface area contributed by atoms with E-state index in [1.54, 1.807) is 11.3 Å². The van der Waals surface area contributed by atoms with E-state index in [9.17, 15) is 0 Å². The van der Waals surface area contributed by atoms with Crippen LogP contribution < -0.4 is 5.32 Å². The minimum Gasteiger partial charge on any atom is -0.377 e. The first-order valence-electron chi connectivity index (χ1n) is 8.06. The molecule has 4 rings (SSSR count). The van der Waals surface area contributed by atoms with E-state index in [0.717, 1.165) is 51.1 Å². The predicted octanol–water partition coefficient (Wildman–Crippen LogP) is 1.12. The highest BCUT2D eigenvalue weighted by molar-refractivity contribution is 7.12. The molecule has 2 aliphatic heterocycles. The van der Waals surface area contributed by atoms with Crippen molar-refractivity contribution in [2.75, 3.05) is 46.0 Å². The van der Waals surface area contributed by atoms with Crippen LogP contribution in [0.3, 0.4) is 0 Å². The van der Waals surface area contributed by atoms with Crippen molar-refractivity contribution >= 4 is 11.3 Å². The van der Waals surface area contributed by atoms with E-state index in [4.69, 9.17) is 9.47 Å². The van der Waals surface area contributed by atoms with Crippen molar-refractivity contribution in [3.63, 3.8) is 0 Å². The summed E-state index contributed by atoms with van der Waals surface area (Å²) in [6, 6.07) is 4.26. The van der Waals surface area contributed by atoms with E-state index in [1.165, 1.54) is 5.69 Å². The summed E-state index contributed by atoms with van der Waals surface area (Å²) in [5.74, 6) is 0. The molecular formula is C16H22N4O2S. The Morgan fingerprint density at radius 2 is 2.39 bits per heavy atom. The first kappa shape index (κ1) is 15.3. The number of hydrogen-bond donors (Lipinski definition) is 1. The lowest BCUT2D eigenvalue weighted by atomic mass is 10.0. The number of rotatable bonds is 3. The first-order valence-corrected chi connectivity index (χ1v) is 8.94. The summed E-state index contributed by atoms with van der Waals surface area (Å²) in [4.78, 5) is 6.87. The van der Waals surface area contributed by atoms with Crippen molar-refractivity contribution in [3.05, 3.63) is 35.6 Å². The molecule has 2 fully saturated rings. The van der Waals surface area contributed by atoms with Crippen LogP contribution >= 0.6 is 11.3 Å². The topological polar surface area (TPSA) is 51.6 Å². The normalized spacial score (nSPS) is 26.4. The monoisotopic (exact) mass is 334 g/mol. The predicted molar refractivity (Wildman–Crippen MR) is 89.1 cm³/mol. The lowest BCUT2D eigenvalue weighted by Crippen LogP contribution is -2.57.